The number of ether oxygens (including phenoxy) is 2. The molecule has 0 heterocycles. The van der Waals surface area contributed by atoms with E-state index in [1.807, 2.05) is 0 Å². The second kappa shape index (κ2) is 7.72. The van der Waals surface area contributed by atoms with Crippen LogP contribution < -0.4 is 14.8 Å². The molecule has 128 valence electrons. The molecule has 2 aromatic rings. The van der Waals surface area contributed by atoms with Crippen LogP contribution in [-0.4, -0.2) is 19.6 Å². The lowest BCUT2D eigenvalue weighted by molar-refractivity contribution is -0.0501. The zero-order valence-electron chi connectivity index (χ0n) is 13.1. The van der Waals surface area contributed by atoms with Crippen LogP contribution in [0.4, 0.5) is 13.2 Å². The lowest BCUT2D eigenvalue weighted by Gasteiger charge is -2.16. The van der Waals surface area contributed by atoms with Gasteiger partial charge in [0.15, 0.2) is 11.6 Å². The van der Waals surface area contributed by atoms with Gasteiger partial charge in [0, 0.05) is 0 Å². The fourth-order valence-corrected chi connectivity index (χ4v) is 2.16. The fraction of sp³-hybridized carbons (Fsp3) is 0.235. The van der Waals surface area contributed by atoms with Gasteiger partial charge in [0.25, 0.3) is 5.91 Å². The number of benzene rings is 2. The van der Waals surface area contributed by atoms with Crippen molar-refractivity contribution in [3.05, 3.63) is 59.4 Å². The Balaban J connectivity index is 2.16. The van der Waals surface area contributed by atoms with Gasteiger partial charge < -0.3 is 14.8 Å². The summed E-state index contributed by atoms with van der Waals surface area (Å²) >= 11 is 0. The van der Waals surface area contributed by atoms with Crippen molar-refractivity contribution in [2.45, 2.75) is 19.6 Å². The smallest absolute Gasteiger partial charge is 0.387 e. The predicted octanol–water partition coefficient (Wildman–Crippen LogP) is 3.93. The normalized spacial score (nSPS) is 11.9. The van der Waals surface area contributed by atoms with E-state index in [9.17, 15) is 18.0 Å². The number of nitrogens with one attached hydrogen (secondary N) is 1. The first kappa shape index (κ1) is 17.7. The van der Waals surface area contributed by atoms with Crippen LogP contribution in [0.5, 0.6) is 11.5 Å². The zero-order chi connectivity index (χ0) is 17.7. The van der Waals surface area contributed by atoms with Gasteiger partial charge in [-0.05, 0) is 36.8 Å². The molecular formula is C17H16F3NO3. The number of carbonyl (C=O) groups is 1. The molecule has 0 aliphatic carbocycles. The van der Waals surface area contributed by atoms with Gasteiger partial charge in [-0.3, -0.25) is 4.79 Å². The first-order chi connectivity index (χ1) is 11.4. The summed E-state index contributed by atoms with van der Waals surface area (Å²) < 4.78 is 47.7. The number of para-hydroxylation sites is 1. The average Bonchev–Trinajstić information content (AvgIpc) is 2.54. The van der Waals surface area contributed by atoms with E-state index in [2.05, 4.69) is 10.1 Å². The summed E-state index contributed by atoms with van der Waals surface area (Å²) in [6.07, 6.45) is 0. The van der Waals surface area contributed by atoms with E-state index in [0.717, 1.165) is 0 Å². The summed E-state index contributed by atoms with van der Waals surface area (Å²) in [6.45, 7) is -1.39. The molecule has 1 N–H and O–H groups in total. The summed E-state index contributed by atoms with van der Waals surface area (Å²) in [4.78, 5) is 12.3. The van der Waals surface area contributed by atoms with Crippen LogP contribution in [0.15, 0.2) is 42.5 Å². The molecule has 0 radical (unpaired) electrons. The predicted molar refractivity (Wildman–Crippen MR) is 81.9 cm³/mol. The van der Waals surface area contributed by atoms with Gasteiger partial charge in [-0.2, -0.15) is 8.78 Å². The number of rotatable bonds is 6. The minimum atomic E-state index is -3.04. The number of carbonyl (C=O) groups excluding carboxylic acids is 1. The van der Waals surface area contributed by atoms with Gasteiger partial charge in [-0.1, -0.05) is 18.2 Å². The van der Waals surface area contributed by atoms with Gasteiger partial charge in [0.05, 0.1) is 18.7 Å². The molecule has 0 spiro atoms. The number of halogens is 3. The first-order valence-electron chi connectivity index (χ1n) is 7.10. The molecule has 1 atom stereocenters. The van der Waals surface area contributed by atoms with Crippen LogP contribution in [-0.2, 0) is 0 Å². The fourth-order valence-electron chi connectivity index (χ4n) is 2.16. The molecule has 0 unspecified atom stereocenters. The molecule has 0 aliphatic heterocycles. The van der Waals surface area contributed by atoms with Crippen LogP contribution >= 0.6 is 0 Å². The van der Waals surface area contributed by atoms with Crippen molar-refractivity contribution in [3.63, 3.8) is 0 Å². The standard InChI is InChI=1S/C17H16F3NO3/c1-10(11-7-8-15(23-2)13(18)9-11)21-16(22)12-5-3-4-6-14(12)24-17(19)20/h3-10,17H,1-2H3,(H,21,22)/t10-/m1/s1. The number of hydrogen-bond acceptors (Lipinski definition) is 3. The molecule has 24 heavy (non-hydrogen) atoms. The molecule has 0 saturated carbocycles. The van der Waals surface area contributed by atoms with E-state index in [1.165, 1.54) is 43.5 Å². The van der Waals surface area contributed by atoms with Crippen LogP contribution in [0.25, 0.3) is 0 Å². The van der Waals surface area contributed by atoms with E-state index in [-0.39, 0.29) is 17.1 Å². The van der Waals surface area contributed by atoms with Crippen molar-refractivity contribution in [1.29, 1.82) is 0 Å². The van der Waals surface area contributed by atoms with Crippen molar-refractivity contribution in [2.24, 2.45) is 0 Å². The van der Waals surface area contributed by atoms with Crippen molar-refractivity contribution in [1.82, 2.24) is 5.32 Å². The Kier molecular flexibility index (Phi) is 5.68. The minimum Gasteiger partial charge on any atom is -0.494 e. The summed E-state index contributed by atoms with van der Waals surface area (Å²) in [5, 5.41) is 2.62. The molecule has 0 aromatic heterocycles. The molecule has 4 nitrogen and oxygen atoms in total. The highest BCUT2D eigenvalue weighted by Gasteiger charge is 2.18. The Labute approximate surface area is 137 Å². The lowest BCUT2D eigenvalue weighted by atomic mass is 10.1. The summed E-state index contributed by atoms with van der Waals surface area (Å²) in [6, 6.07) is 9.41. The largest absolute Gasteiger partial charge is 0.494 e. The molecule has 0 aliphatic rings. The van der Waals surface area contributed by atoms with E-state index < -0.39 is 24.4 Å². The maximum atomic E-state index is 13.7. The van der Waals surface area contributed by atoms with Crippen LogP contribution in [0, 0.1) is 5.82 Å². The summed E-state index contributed by atoms with van der Waals surface area (Å²) in [5.74, 6) is -1.29. The number of methoxy groups -OCH3 is 1. The van der Waals surface area contributed by atoms with Gasteiger partial charge in [-0.25, -0.2) is 4.39 Å². The third-order valence-electron chi connectivity index (χ3n) is 3.37. The second-order valence-electron chi connectivity index (χ2n) is 4.96. The number of alkyl halides is 2. The molecule has 1 amide bonds. The highest BCUT2D eigenvalue weighted by molar-refractivity contribution is 5.97. The Morgan fingerprint density at radius 2 is 1.83 bits per heavy atom. The van der Waals surface area contributed by atoms with Crippen molar-refractivity contribution in [3.8, 4) is 11.5 Å². The first-order valence-corrected chi connectivity index (χ1v) is 7.10. The van der Waals surface area contributed by atoms with E-state index >= 15 is 0 Å². The molecule has 0 bridgehead atoms. The monoisotopic (exact) mass is 339 g/mol. The Morgan fingerprint density at radius 3 is 2.46 bits per heavy atom. The molecule has 7 heteroatoms. The molecule has 0 saturated heterocycles. The Morgan fingerprint density at radius 1 is 1.12 bits per heavy atom. The topological polar surface area (TPSA) is 47.6 Å². The van der Waals surface area contributed by atoms with Crippen molar-refractivity contribution in [2.75, 3.05) is 7.11 Å². The third kappa shape index (κ3) is 4.18. The molecule has 2 rings (SSSR count). The highest BCUT2D eigenvalue weighted by Crippen LogP contribution is 2.24. The van der Waals surface area contributed by atoms with Gasteiger partial charge in [0.1, 0.15) is 5.75 Å². The quantitative estimate of drug-likeness (QED) is 0.867. The minimum absolute atomic E-state index is 0.0290. The number of hydrogen-bond donors (Lipinski definition) is 1. The third-order valence-corrected chi connectivity index (χ3v) is 3.37. The summed E-state index contributed by atoms with van der Waals surface area (Å²) in [5.41, 5.74) is 0.479. The van der Waals surface area contributed by atoms with Crippen LogP contribution in [0.1, 0.15) is 28.9 Å². The molecule has 0 fully saturated rings. The second-order valence-corrected chi connectivity index (χ2v) is 4.96. The van der Waals surface area contributed by atoms with E-state index in [1.54, 1.807) is 13.0 Å². The number of amides is 1. The maximum Gasteiger partial charge on any atom is 0.387 e. The van der Waals surface area contributed by atoms with Gasteiger partial charge in [-0.15, -0.1) is 0 Å². The average molecular weight is 339 g/mol. The van der Waals surface area contributed by atoms with Crippen LogP contribution in [0.2, 0.25) is 0 Å². The molecular weight excluding hydrogens is 323 g/mol. The highest BCUT2D eigenvalue weighted by atomic mass is 19.3. The Bertz CT molecular complexity index is 722. The van der Waals surface area contributed by atoms with Crippen molar-refractivity contribution >= 4 is 5.91 Å². The van der Waals surface area contributed by atoms with E-state index in [0.29, 0.717) is 5.56 Å². The SMILES string of the molecule is COc1ccc([C@@H](C)NC(=O)c2ccccc2OC(F)F)cc1F. The molecule has 2 aromatic carbocycles. The summed E-state index contributed by atoms with van der Waals surface area (Å²) in [7, 11) is 1.35. The van der Waals surface area contributed by atoms with Gasteiger partial charge >= 0.3 is 6.61 Å². The zero-order valence-corrected chi connectivity index (χ0v) is 13.1. The van der Waals surface area contributed by atoms with Crippen molar-refractivity contribution < 1.29 is 27.4 Å². The Hall–Kier alpha value is -2.70. The van der Waals surface area contributed by atoms with Crippen LogP contribution in [0.3, 0.4) is 0 Å². The maximum absolute atomic E-state index is 13.7. The lowest BCUT2D eigenvalue weighted by Crippen LogP contribution is -2.27. The van der Waals surface area contributed by atoms with Gasteiger partial charge in [0.2, 0.25) is 0 Å². The van der Waals surface area contributed by atoms with E-state index in [4.69, 9.17) is 4.74 Å².